The Labute approximate surface area is 131 Å². The third-order valence-corrected chi connectivity index (χ3v) is 4.73. The first kappa shape index (κ1) is 18.3. The van der Waals surface area contributed by atoms with Crippen molar-refractivity contribution in [2.45, 2.75) is 6.61 Å². The van der Waals surface area contributed by atoms with Crippen LogP contribution in [0, 0.1) is 10.1 Å². The number of halogens is 2. The van der Waals surface area contributed by atoms with Gasteiger partial charge in [-0.25, -0.2) is 14.7 Å². The normalized spacial score (nSPS) is 14.3. The number of imidazole rings is 1. The predicted octanol–water partition coefficient (Wildman–Crippen LogP) is 1.69. The molecule has 0 saturated heterocycles. The SMILES string of the molecule is Cn1c(COP(N)(=O)N(CCCl)CCCl)cnc1[N+](=O)[O-]. The van der Waals surface area contributed by atoms with Gasteiger partial charge in [-0.15, -0.1) is 23.2 Å². The molecule has 1 heterocycles. The Morgan fingerprint density at radius 1 is 1.52 bits per heavy atom. The highest BCUT2D eigenvalue weighted by molar-refractivity contribution is 7.53. The minimum atomic E-state index is -3.58. The number of aromatic nitrogens is 2. The van der Waals surface area contributed by atoms with Crippen LogP contribution in [0.3, 0.4) is 0 Å². The molecule has 0 spiro atoms. The van der Waals surface area contributed by atoms with Gasteiger partial charge in [0.2, 0.25) is 0 Å². The van der Waals surface area contributed by atoms with E-state index in [4.69, 9.17) is 33.2 Å². The van der Waals surface area contributed by atoms with E-state index in [9.17, 15) is 14.7 Å². The van der Waals surface area contributed by atoms with Crippen LogP contribution >= 0.6 is 30.9 Å². The predicted molar refractivity (Wildman–Crippen MR) is 79.5 cm³/mol. The van der Waals surface area contributed by atoms with Crippen molar-refractivity contribution in [2.75, 3.05) is 24.8 Å². The molecule has 0 amide bonds. The lowest BCUT2D eigenvalue weighted by molar-refractivity contribution is -0.396. The summed E-state index contributed by atoms with van der Waals surface area (Å²) in [7, 11) is -2.12. The maximum Gasteiger partial charge on any atom is 0.434 e. The zero-order chi connectivity index (χ0) is 16.0. The zero-order valence-corrected chi connectivity index (χ0v) is 13.7. The van der Waals surface area contributed by atoms with Gasteiger partial charge in [0, 0.05) is 24.8 Å². The smallest absolute Gasteiger partial charge is 0.390 e. The Balaban J connectivity index is 2.76. The minimum Gasteiger partial charge on any atom is -0.390 e. The number of alkyl halides is 2. The van der Waals surface area contributed by atoms with Crippen LogP contribution in [-0.4, -0.2) is 44.0 Å². The Bertz CT molecular complexity index is 534. The number of hydrogen-bond acceptors (Lipinski definition) is 5. The third kappa shape index (κ3) is 4.91. The number of rotatable bonds is 9. The van der Waals surface area contributed by atoms with E-state index in [1.807, 2.05) is 0 Å². The molecular weight excluding hydrogens is 344 g/mol. The molecule has 1 rings (SSSR count). The molecule has 1 aromatic heterocycles. The Hall–Kier alpha value is -0.700. The number of nitrogens with two attached hydrogens (primary N) is 1. The first-order chi connectivity index (χ1) is 9.83. The van der Waals surface area contributed by atoms with E-state index in [0.717, 1.165) is 0 Å². The second-order valence-electron chi connectivity index (χ2n) is 4.03. The lowest BCUT2D eigenvalue weighted by atomic mass is 10.5. The summed E-state index contributed by atoms with van der Waals surface area (Å²) in [5.41, 5.74) is 6.05. The highest BCUT2D eigenvalue weighted by Crippen LogP contribution is 2.43. The maximum atomic E-state index is 12.3. The average molecular weight is 360 g/mol. The molecule has 120 valence electrons. The van der Waals surface area contributed by atoms with Crippen LogP contribution in [0.15, 0.2) is 6.20 Å². The molecule has 0 bridgehead atoms. The van der Waals surface area contributed by atoms with Crippen LogP contribution in [-0.2, 0) is 22.7 Å². The van der Waals surface area contributed by atoms with Gasteiger partial charge in [-0.2, -0.15) is 0 Å². The van der Waals surface area contributed by atoms with E-state index in [-0.39, 0.29) is 37.4 Å². The first-order valence-corrected chi connectivity index (χ1v) is 8.60. The van der Waals surface area contributed by atoms with Crippen molar-refractivity contribution in [3.63, 3.8) is 0 Å². The van der Waals surface area contributed by atoms with Crippen LogP contribution in [0.25, 0.3) is 0 Å². The van der Waals surface area contributed by atoms with Crippen LogP contribution in [0.5, 0.6) is 0 Å². The molecule has 12 heteroatoms. The molecule has 0 saturated carbocycles. The van der Waals surface area contributed by atoms with Gasteiger partial charge in [0.15, 0.2) is 0 Å². The molecular formula is C9H16Cl2N5O4P. The second-order valence-corrected chi connectivity index (χ2v) is 6.74. The van der Waals surface area contributed by atoms with Gasteiger partial charge < -0.3 is 10.1 Å². The summed E-state index contributed by atoms with van der Waals surface area (Å²) in [6.07, 6.45) is 1.27. The van der Waals surface area contributed by atoms with Gasteiger partial charge in [-0.1, -0.05) is 4.98 Å². The summed E-state index contributed by atoms with van der Waals surface area (Å²) in [5.74, 6) is 0.107. The van der Waals surface area contributed by atoms with Crippen LogP contribution in [0.1, 0.15) is 5.69 Å². The number of nitrogens with zero attached hydrogens (tertiary/aromatic N) is 4. The molecule has 9 nitrogen and oxygen atoms in total. The van der Waals surface area contributed by atoms with E-state index in [1.165, 1.54) is 22.5 Å². The van der Waals surface area contributed by atoms with Crippen molar-refractivity contribution >= 4 is 36.8 Å². The van der Waals surface area contributed by atoms with Crippen LogP contribution in [0.2, 0.25) is 0 Å². The molecule has 1 unspecified atom stereocenters. The van der Waals surface area contributed by atoms with Crippen LogP contribution in [0.4, 0.5) is 5.95 Å². The van der Waals surface area contributed by atoms with E-state index >= 15 is 0 Å². The van der Waals surface area contributed by atoms with Crippen molar-refractivity contribution < 1.29 is 14.0 Å². The van der Waals surface area contributed by atoms with Crippen molar-refractivity contribution in [1.29, 1.82) is 0 Å². The summed E-state index contributed by atoms with van der Waals surface area (Å²) >= 11 is 11.2. The second kappa shape index (κ2) is 8.07. The fourth-order valence-electron chi connectivity index (χ4n) is 1.56. The Morgan fingerprint density at radius 3 is 2.52 bits per heavy atom. The summed E-state index contributed by atoms with van der Waals surface area (Å²) in [5, 5.41) is 10.7. The zero-order valence-electron chi connectivity index (χ0n) is 11.3. The van der Waals surface area contributed by atoms with Gasteiger partial charge in [-0.05, 0) is 4.92 Å². The monoisotopic (exact) mass is 359 g/mol. The Morgan fingerprint density at radius 2 is 2.10 bits per heavy atom. The minimum absolute atomic E-state index is 0.174. The van der Waals surface area contributed by atoms with Gasteiger partial charge in [0.1, 0.15) is 18.5 Å². The molecule has 21 heavy (non-hydrogen) atoms. The van der Waals surface area contributed by atoms with Gasteiger partial charge in [-0.3, -0.25) is 9.09 Å². The highest BCUT2D eigenvalue weighted by Gasteiger charge is 2.28. The van der Waals surface area contributed by atoms with E-state index in [2.05, 4.69) is 4.98 Å². The van der Waals surface area contributed by atoms with Crippen molar-refractivity contribution in [2.24, 2.45) is 12.6 Å². The lowest BCUT2D eigenvalue weighted by Crippen LogP contribution is -2.29. The fourth-order valence-corrected chi connectivity index (χ4v) is 3.45. The summed E-state index contributed by atoms with van der Waals surface area (Å²) in [4.78, 5) is 13.7. The standard InChI is InChI=1S/C9H16Cl2N5O4P/c1-14-8(6-13-9(14)16(17)18)7-20-21(12,19)15(4-2-10)5-3-11/h6H,2-5,7H2,1H3,(H2,12,19). The molecule has 0 aliphatic heterocycles. The average Bonchev–Trinajstić information content (AvgIpc) is 2.77. The molecule has 1 aromatic rings. The molecule has 1 atom stereocenters. The largest absolute Gasteiger partial charge is 0.434 e. The molecule has 0 aliphatic rings. The van der Waals surface area contributed by atoms with Crippen molar-refractivity contribution in [3.8, 4) is 0 Å². The van der Waals surface area contributed by atoms with Crippen molar-refractivity contribution in [3.05, 3.63) is 22.0 Å². The lowest BCUT2D eigenvalue weighted by Gasteiger charge is -2.26. The fraction of sp³-hybridized carbons (Fsp3) is 0.667. The molecule has 0 fully saturated rings. The maximum absolute atomic E-state index is 12.3. The van der Waals surface area contributed by atoms with Gasteiger partial charge >= 0.3 is 13.6 Å². The summed E-state index contributed by atoms with van der Waals surface area (Å²) in [6, 6.07) is 0. The number of hydrogen-bond donors (Lipinski definition) is 1. The van der Waals surface area contributed by atoms with E-state index in [0.29, 0.717) is 5.69 Å². The molecule has 0 aliphatic carbocycles. The van der Waals surface area contributed by atoms with Crippen LogP contribution < -0.4 is 5.50 Å². The van der Waals surface area contributed by atoms with Crippen molar-refractivity contribution in [1.82, 2.24) is 14.2 Å². The Kier molecular flexibility index (Phi) is 7.05. The molecule has 0 radical (unpaired) electrons. The molecule has 0 aromatic carbocycles. The quantitative estimate of drug-likeness (QED) is 0.308. The van der Waals surface area contributed by atoms with Gasteiger partial charge in [0.05, 0.1) is 7.05 Å². The summed E-state index contributed by atoms with van der Waals surface area (Å²) in [6.45, 7) is 0.341. The van der Waals surface area contributed by atoms with E-state index in [1.54, 1.807) is 0 Å². The van der Waals surface area contributed by atoms with Gasteiger partial charge in [0.25, 0.3) is 0 Å². The highest BCUT2D eigenvalue weighted by atomic mass is 35.5. The number of nitro groups is 1. The van der Waals surface area contributed by atoms with E-state index < -0.39 is 12.6 Å². The molecule has 2 N–H and O–H groups in total. The first-order valence-electron chi connectivity index (χ1n) is 5.89. The topological polar surface area (TPSA) is 117 Å². The third-order valence-electron chi connectivity index (χ3n) is 2.70. The summed E-state index contributed by atoms with van der Waals surface area (Å²) < 4.78 is 20.1.